The van der Waals surface area contributed by atoms with Gasteiger partial charge in [-0.3, -0.25) is 4.79 Å². The fourth-order valence-corrected chi connectivity index (χ4v) is 3.05. The van der Waals surface area contributed by atoms with E-state index in [1.165, 1.54) is 32.1 Å². The normalized spacial score (nSPS) is 29.4. The molecule has 1 atom stereocenters. The molecule has 4 nitrogen and oxygen atoms in total. The lowest BCUT2D eigenvalue weighted by molar-refractivity contribution is -0.131. The summed E-state index contributed by atoms with van der Waals surface area (Å²) in [5.41, 5.74) is 0.100. The molecule has 1 saturated heterocycles. The Morgan fingerprint density at radius 1 is 1.39 bits per heavy atom. The van der Waals surface area contributed by atoms with E-state index in [1.807, 2.05) is 11.9 Å². The van der Waals surface area contributed by atoms with Crippen LogP contribution >= 0.6 is 0 Å². The molecular formula is C14H27N3O. The molecule has 2 rings (SSSR count). The van der Waals surface area contributed by atoms with Crippen LogP contribution in [0.1, 0.15) is 45.4 Å². The standard InChI is InChI=1S/C14H27N3O/c1-14(8-9-15-11-14)16-10-13(18)17(2)12-6-4-3-5-7-12/h12,15-16H,3-11H2,1-2H3. The molecule has 1 unspecified atom stereocenters. The summed E-state index contributed by atoms with van der Waals surface area (Å²) in [6.45, 7) is 4.69. The van der Waals surface area contributed by atoms with Crippen molar-refractivity contribution in [3.8, 4) is 0 Å². The highest BCUT2D eigenvalue weighted by molar-refractivity contribution is 5.78. The molecule has 1 amide bonds. The maximum Gasteiger partial charge on any atom is 0.236 e. The van der Waals surface area contributed by atoms with E-state index in [2.05, 4.69) is 17.6 Å². The van der Waals surface area contributed by atoms with Crippen molar-refractivity contribution >= 4 is 5.91 Å². The first kappa shape index (κ1) is 13.8. The second-order valence-electron chi connectivity index (χ2n) is 6.14. The van der Waals surface area contributed by atoms with E-state index in [1.54, 1.807) is 0 Å². The van der Waals surface area contributed by atoms with Crippen LogP contribution in [0, 0.1) is 0 Å². The average Bonchev–Trinajstić information content (AvgIpc) is 2.83. The summed E-state index contributed by atoms with van der Waals surface area (Å²) >= 11 is 0. The molecule has 0 bridgehead atoms. The molecule has 18 heavy (non-hydrogen) atoms. The fourth-order valence-electron chi connectivity index (χ4n) is 3.05. The average molecular weight is 253 g/mol. The Balaban J connectivity index is 1.76. The van der Waals surface area contributed by atoms with Gasteiger partial charge in [-0.1, -0.05) is 19.3 Å². The van der Waals surface area contributed by atoms with Crippen molar-refractivity contribution in [3.63, 3.8) is 0 Å². The molecule has 0 radical (unpaired) electrons. The molecular weight excluding hydrogens is 226 g/mol. The van der Waals surface area contributed by atoms with Crippen LogP contribution in [0.3, 0.4) is 0 Å². The molecule has 0 aromatic carbocycles. The Morgan fingerprint density at radius 2 is 2.11 bits per heavy atom. The summed E-state index contributed by atoms with van der Waals surface area (Å²) in [6, 6.07) is 0.475. The SMILES string of the molecule is CN(C(=O)CNC1(C)CCNC1)C1CCCCC1. The Bertz CT molecular complexity index is 281. The van der Waals surface area contributed by atoms with Gasteiger partial charge >= 0.3 is 0 Å². The number of hydrogen-bond acceptors (Lipinski definition) is 3. The highest BCUT2D eigenvalue weighted by atomic mass is 16.2. The number of likely N-dealkylation sites (N-methyl/N-ethyl adjacent to an activating group) is 1. The van der Waals surface area contributed by atoms with Crippen LogP contribution in [-0.2, 0) is 4.79 Å². The number of amides is 1. The largest absolute Gasteiger partial charge is 0.342 e. The molecule has 1 saturated carbocycles. The maximum absolute atomic E-state index is 12.2. The van der Waals surface area contributed by atoms with Crippen LogP contribution in [0.2, 0.25) is 0 Å². The van der Waals surface area contributed by atoms with Gasteiger partial charge < -0.3 is 15.5 Å². The van der Waals surface area contributed by atoms with Gasteiger partial charge in [0.05, 0.1) is 6.54 Å². The molecule has 1 heterocycles. The van der Waals surface area contributed by atoms with Crippen LogP contribution in [0.5, 0.6) is 0 Å². The third-order valence-electron chi connectivity index (χ3n) is 4.55. The molecule has 4 heteroatoms. The molecule has 0 aromatic heterocycles. The number of nitrogens with zero attached hydrogens (tertiary/aromatic N) is 1. The molecule has 0 spiro atoms. The number of nitrogens with one attached hydrogen (secondary N) is 2. The van der Waals surface area contributed by atoms with E-state index in [-0.39, 0.29) is 11.4 Å². The lowest BCUT2D eigenvalue weighted by Gasteiger charge is -2.32. The maximum atomic E-state index is 12.2. The smallest absolute Gasteiger partial charge is 0.236 e. The number of rotatable bonds is 4. The summed E-state index contributed by atoms with van der Waals surface area (Å²) in [5, 5.41) is 6.77. The Kier molecular flexibility index (Phi) is 4.62. The minimum Gasteiger partial charge on any atom is -0.342 e. The zero-order valence-corrected chi connectivity index (χ0v) is 11.8. The molecule has 2 fully saturated rings. The number of carbonyl (C=O) groups excluding carboxylic acids is 1. The van der Waals surface area contributed by atoms with Crippen molar-refractivity contribution in [2.24, 2.45) is 0 Å². The third kappa shape index (κ3) is 3.45. The zero-order chi connectivity index (χ0) is 13.0. The van der Waals surface area contributed by atoms with Crippen molar-refractivity contribution < 1.29 is 4.79 Å². The minimum absolute atomic E-state index is 0.100. The van der Waals surface area contributed by atoms with E-state index in [9.17, 15) is 4.79 Å². The van der Waals surface area contributed by atoms with E-state index in [4.69, 9.17) is 0 Å². The predicted molar refractivity (Wildman–Crippen MR) is 73.5 cm³/mol. The van der Waals surface area contributed by atoms with Gasteiger partial charge in [-0.25, -0.2) is 0 Å². The molecule has 104 valence electrons. The molecule has 1 aliphatic heterocycles. The first-order chi connectivity index (χ1) is 8.61. The highest BCUT2D eigenvalue weighted by Gasteiger charge is 2.29. The quantitative estimate of drug-likeness (QED) is 0.789. The van der Waals surface area contributed by atoms with Crippen molar-refractivity contribution in [2.75, 3.05) is 26.7 Å². The van der Waals surface area contributed by atoms with Crippen molar-refractivity contribution in [2.45, 2.75) is 57.0 Å². The van der Waals surface area contributed by atoms with Gasteiger partial charge in [-0.15, -0.1) is 0 Å². The van der Waals surface area contributed by atoms with Crippen LogP contribution in [0.4, 0.5) is 0 Å². The van der Waals surface area contributed by atoms with Crippen molar-refractivity contribution in [1.82, 2.24) is 15.5 Å². The lowest BCUT2D eigenvalue weighted by Crippen LogP contribution is -2.50. The number of hydrogen-bond donors (Lipinski definition) is 2. The van der Waals surface area contributed by atoms with Crippen LogP contribution in [0.15, 0.2) is 0 Å². The van der Waals surface area contributed by atoms with Gasteiger partial charge in [-0.05, 0) is 32.7 Å². The van der Waals surface area contributed by atoms with Gasteiger partial charge in [0.15, 0.2) is 0 Å². The molecule has 2 N–H and O–H groups in total. The Hall–Kier alpha value is -0.610. The molecule has 0 aromatic rings. The second kappa shape index (κ2) is 6.02. The summed E-state index contributed by atoms with van der Waals surface area (Å²) in [6.07, 6.45) is 7.35. The number of carbonyl (C=O) groups is 1. The first-order valence-corrected chi connectivity index (χ1v) is 7.32. The van der Waals surface area contributed by atoms with E-state index in [0.29, 0.717) is 12.6 Å². The second-order valence-corrected chi connectivity index (χ2v) is 6.14. The highest BCUT2D eigenvalue weighted by Crippen LogP contribution is 2.21. The van der Waals surface area contributed by atoms with Gasteiger partial charge in [0.2, 0.25) is 5.91 Å². The predicted octanol–water partition coefficient (Wildman–Crippen LogP) is 1.12. The summed E-state index contributed by atoms with van der Waals surface area (Å²) in [4.78, 5) is 14.2. The summed E-state index contributed by atoms with van der Waals surface area (Å²) in [5.74, 6) is 0.245. The third-order valence-corrected chi connectivity index (χ3v) is 4.55. The topological polar surface area (TPSA) is 44.4 Å². The van der Waals surface area contributed by atoms with E-state index < -0.39 is 0 Å². The Morgan fingerprint density at radius 3 is 2.72 bits per heavy atom. The van der Waals surface area contributed by atoms with Gasteiger partial charge in [0, 0.05) is 25.2 Å². The molecule has 2 aliphatic rings. The van der Waals surface area contributed by atoms with Crippen LogP contribution in [-0.4, -0.2) is 49.1 Å². The zero-order valence-electron chi connectivity index (χ0n) is 11.8. The van der Waals surface area contributed by atoms with Crippen molar-refractivity contribution in [1.29, 1.82) is 0 Å². The minimum atomic E-state index is 0.100. The first-order valence-electron chi connectivity index (χ1n) is 7.32. The van der Waals surface area contributed by atoms with Crippen LogP contribution in [0.25, 0.3) is 0 Å². The van der Waals surface area contributed by atoms with E-state index >= 15 is 0 Å². The Labute approximate surface area is 110 Å². The van der Waals surface area contributed by atoms with E-state index in [0.717, 1.165) is 19.5 Å². The van der Waals surface area contributed by atoms with Gasteiger partial charge in [-0.2, -0.15) is 0 Å². The fraction of sp³-hybridized carbons (Fsp3) is 0.929. The summed E-state index contributed by atoms with van der Waals surface area (Å²) in [7, 11) is 1.97. The van der Waals surface area contributed by atoms with Crippen LogP contribution < -0.4 is 10.6 Å². The monoisotopic (exact) mass is 253 g/mol. The van der Waals surface area contributed by atoms with Gasteiger partial charge in [0.25, 0.3) is 0 Å². The molecule has 1 aliphatic carbocycles. The van der Waals surface area contributed by atoms with Gasteiger partial charge in [0.1, 0.15) is 0 Å². The lowest BCUT2D eigenvalue weighted by atomic mass is 9.94. The summed E-state index contributed by atoms with van der Waals surface area (Å²) < 4.78 is 0. The van der Waals surface area contributed by atoms with Crippen molar-refractivity contribution in [3.05, 3.63) is 0 Å².